The second kappa shape index (κ2) is 3.56. The van der Waals surface area contributed by atoms with Gasteiger partial charge in [-0.25, -0.2) is 0 Å². The van der Waals surface area contributed by atoms with Gasteiger partial charge in [0.1, 0.15) is 0 Å². The highest BCUT2D eigenvalue weighted by atomic mass is 16.1. The van der Waals surface area contributed by atoms with Crippen molar-refractivity contribution < 1.29 is 4.79 Å². The molecule has 0 spiro atoms. The fourth-order valence-corrected chi connectivity index (χ4v) is 0.489. The molecule has 0 heterocycles. The maximum absolute atomic E-state index is 10.4. The van der Waals surface area contributed by atoms with E-state index in [1.54, 1.807) is 0 Å². The van der Waals surface area contributed by atoms with Crippen LogP contribution in [0.4, 0.5) is 0 Å². The van der Waals surface area contributed by atoms with E-state index >= 15 is 0 Å². The van der Waals surface area contributed by atoms with E-state index in [-0.39, 0.29) is 11.3 Å². The molecule has 0 saturated carbocycles. The summed E-state index contributed by atoms with van der Waals surface area (Å²) in [6, 6.07) is 0. The predicted molar refractivity (Wildman–Crippen MR) is 47.0 cm³/mol. The van der Waals surface area contributed by atoms with Gasteiger partial charge in [0.25, 0.3) is 0 Å². The molecule has 0 unspecified atom stereocenters. The number of hydrogen-bond donors (Lipinski definition) is 1. The van der Waals surface area contributed by atoms with Gasteiger partial charge in [-0.15, -0.1) is 0 Å². The molecule has 0 aromatic rings. The van der Waals surface area contributed by atoms with Gasteiger partial charge in [0, 0.05) is 0 Å². The molecule has 0 rings (SSSR count). The summed E-state index contributed by atoms with van der Waals surface area (Å²) in [6.07, 6.45) is 3.29. The van der Waals surface area contributed by atoms with E-state index in [1.807, 2.05) is 6.08 Å². The summed E-state index contributed by atoms with van der Waals surface area (Å²) in [5.74, 6) is 0.136. The van der Waals surface area contributed by atoms with Crippen molar-refractivity contribution in [3.63, 3.8) is 0 Å². The predicted octanol–water partition coefficient (Wildman–Crippen LogP) is 1.71. The zero-order valence-electron chi connectivity index (χ0n) is 7.72. The highest BCUT2D eigenvalue weighted by molar-refractivity contribution is 5.85. The Labute approximate surface area is 68.5 Å². The number of allylic oxidation sites excluding steroid dienone is 1. The Balaban J connectivity index is 4.23. The molecule has 0 aliphatic heterocycles. The Morgan fingerprint density at radius 3 is 2.18 bits per heavy atom. The van der Waals surface area contributed by atoms with Gasteiger partial charge in [-0.2, -0.15) is 0 Å². The van der Waals surface area contributed by atoms with E-state index in [9.17, 15) is 4.79 Å². The lowest BCUT2D eigenvalue weighted by molar-refractivity contribution is -0.113. The van der Waals surface area contributed by atoms with Crippen LogP contribution >= 0.6 is 0 Å². The molecule has 2 nitrogen and oxygen atoms in total. The number of carbonyl (C=O) groups excluding carboxylic acids is 1. The van der Waals surface area contributed by atoms with E-state index in [0.29, 0.717) is 5.92 Å². The second-order valence-electron chi connectivity index (χ2n) is 3.71. The average Bonchev–Trinajstić information content (AvgIpc) is 1.84. The van der Waals surface area contributed by atoms with E-state index < -0.39 is 0 Å². The van der Waals surface area contributed by atoms with E-state index in [0.717, 1.165) is 0 Å². The quantitative estimate of drug-likeness (QED) is 0.619. The van der Waals surface area contributed by atoms with Crippen molar-refractivity contribution in [1.29, 1.82) is 0 Å². The van der Waals surface area contributed by atoms with Crippen LogP contribution in [-0.2, 0) is 4.79 Å². The average molecular weight is 155 g/mol. The summed E-state index contributed by atoms with van der Waals surface area (Å²) >= 11 is 0. The molecule has 1 amide bonds. The summed E-state index contributed by atoms with van der Waals surface area (Å²) in [7, 11) is 0. The minimum Gasteiger partial charge on any atom is -0.366 e. The van der Waals surface area contributed by atoms with Gasteiger partial charge in [-0.3, -0.25) is 4.79 Å². The first-order valence-electron chi connectivity index (χ1n) is 3.85. The Morgan fingerprint density at radius 2 is 1.91 bits per heavy atom. The first-order valence-corrected chi connectivity index (χ1v) is 3.85. The Morgan fingerprint density at radius 1 is 1.45 bits per heavy atom. The van der Waals surface area contributed by atoms with Gasteiger partial charge in [0.05, 0.1) is 0 Å². The number of carbonyl (C=O) groups is 1. The van der Waals surface area contributed by atoms with Gasteiger partial charge < -0.3 is 5.73 Å². The zero-order chi connectivity index (χ0) is 9.07. The lowest BCUT2D eigenvalue weighted by Gasteiger charge is -2.24. The second-order valence-corrected chi connectivity index (χ2v) is 3.71. The Hall–Kier alpha value is -0.790. The molecule has 0 radical (unpaired) electrons. The molecule has 0 fully saturated rings. The molecule has 11 heavy (non-hydrogen) atoms. The molecular formula is C9H17NO. The van der Waals surface area contributed by atoms with Crippen LogP contribution in [0.5, 0.6) is 0 Å². The fourth-order valence-electron chi connectivity index (χ4n) is 0.489. The highest BCUT2D eigenvalue weighted by Crippen LogP contribution is 2.27. The fraction of sp³-hybridized carbons (Fsp3) is 0.667. The number of hydrogen-bond acceptors (Lipinski definition) is 1. The molecule has 2 N–H and O–H groups in total. The SMILES string of the molecule is CC(C)C(C)(C)/C=C/C(N)=O. The van der Waals surface area contributed by atoms with Crippen molar-refractivity contribution in [2.24, 2.45) is 17.1 Å². The summed E-state index contributed by atoms with van der Waals surface area (Å²) in [5, 5.41) is 0. The highest BCUT2D eigenvalue weighted by Gasteiger charge is 2.18. The molecule has 2 heteroatoms. The van der Waals surface area contributed by atoms with Gasteiger partial charge in [0.2, 0.25) is 5.91 Å². The monoisotopic (exact) mass is 155 g/mol. The largest absolute Gasteiger partial charge is 0.366 e. The molecule has 0 aromatic heterocycles. The number of primary amides is 1. The van der Waals surface area contributed by atoms with Crippen LogP contribution in [0.1, 0.15) is 27.7 Å². The van der Waals surface area contributed by atoms with Gasteiger partial charge in [0.15, 0.2) is 0 Å². The molecule has 0 atom stereocenters. The van der Waals surface area contributed by atoms with Crippen LogP contribution in [0.3, 0.4) is 0 Å². The van der Waals surface area contributed by atoms with Gasteiger partial charge in [-0.1, -0.05) is 33.8 Å². The summed E-state index contributed by atoms with van der Waals surface area (Å²) < 4.78 is 0. The van der Waals surface area contributed by atoms with Crippen LogP contribution in [-0.4, -0.2) is 5.91 Å². The molecule has 0 aliphatic rings. The van der Waals surface area contributed by atoms with Crippen molar-refractivity contribution in [2.75, 3.05) is 0 Å². The third-order valence-electron chi connectivity index (χ3n) is 2.17. The maximum atomic E-state index is 10.4. The van der Waals surface area contributed by atoms with Crippen molar-refractivity contribution >= 4 is 5.91 Å². The molecule has 64 valence electrons. The molecule has 0 bridgehead atoms. The molecule has 0 aromatic carbocycles. The molecule has 0 saturated heterocycles. The first kappa shape index (κ1) is 10.2. The van der Waals surface area contributed by atoms with E-state index in [1.165, 1.54) is 6.08 Å². The van der Waals surface area contributed by atoms with E-state index in [4.69, 9.17) is 5.73 Å². The summed E-state index contributed by atoms with van der Waals surface area (Å²) in [4.78, 5) is 10.4. The van der Waals surface area contributed by atoms with Crippen LogP contribution in [0, 0.1) is 11.3 Å². The third kappa shape index (κ3) is 3.81. The van der Waals surface area contributed by atoms with Crippen LogP contribution in [0.25, 0.3) is 0 Å². The smallest absolute Gasteiger partial charge is 0.241 e. The van der Waals surface area contributed by atoms with Crippen LogP contribution < -0.4 is 5.73 Å². The number of nitrogens with two attached hydrogens (primary N) is 1. The van der Waals surface area contributed by atoms with Crippen LogP contribution in [0.15, 0.2) is 12.2 Å². The van der Waals surface area contributed by atoms with Gasteiger partial charge in [-0.05, 0) is 17.4 Å². The van der Waals surface area contributed by atoms with Crippen molar-refractivity contribution in [2.45, 2.75) is 27.7 Å². The lowest BCUT2D eigenvalue weighted by Crippen LogP contribution is -2.17. The standard InChI is InChI=1S/C9H17NO/c1-7(2)9(3,4)6-5-8(10)11/h5-7H,1-4H3,(H2,10,11)/b6-5+. The van der Waals surface area contributed by atoms with Crippen LogP contribution in [0.2, 0.25) is 0 Å². The minimum atomic E-state index is -0.376. The Kier molecular flexibility index (Phi) is 3.30. The zero-order valence-corrected chi connectivity index (χ0v) is 7.72. The maximum Gasteiger partial charge on any atom is 0.241 e. The third-order valence-corrected chi connectivity index (χ3v) is 2.17. The van der Waals surface area contributed by atoms with Crippen molar-refractivity contribution in [1.82, 2.24) is 0 Å². The molecule has 0 aliphatic carbocycles. The lowest BCUT2D eigenvalue weighted by atomic mass is 9.81. The number of amides is 1. The number of rotatable bonds is 3. The summed E-state index contributed by atoms with van der Waals surface area (Å²) in [5.41, 5.74) is 5.02. The minimum absolute atomic E-state index is 0.0506. The normalized spacial score (nSPS) is 12.8. The summed E-state index contributed by atoms with van der Waals surface area (Å²) in [6.45, 7) is 8.39. The first-order chi connectivity index (χ1) is 4.86. The topological polar surface area (TPSA) is 43.1 Å². The van der Waals surface area contributed by atoms with E-state index in [2.05, 4.69) is 27.7 Å². The van der Waals surface area contributed by atoms with Crippen molar-refractivity contribution in [3.8, 4) is 0 Å². The van der Waals surface area contributed by atoms with Gasteiger partial charge >= 0.3 is 0 Å². The van der Waals surface area contributed by atoms with Crippen molar-refractivity contribution in [3.05, 3.63) is 12.2 Å². The molecular weight excluding hydrogens is 138 g/mol. The Bertz CT molecular complexity index is 168.